The van der Waals surface area contributed by atoms with E-state index in [1.54, 1.807) is 12.1 Å². The largest absolute Gasteiger partial charge is 0.453 e. The van der Waals surface area contributed by atoms with Crippen molar-refractivity contribution in [2.24, 2.45) is 5.73 Å². The van der Waals surface area contributed by atoms with Gasteiger partial charge in [0.15, 0.2) is 0 Å². The fourth-order valence-electron chi connectivity index (χ4n) is 3.81. The Morgan fingerprint density at radius 2 is 2.12 bits per heavy atom. The number of methoxy groups -OCH3 is 1. The molecule has 0 saturated heterocycles. The minimum absolute atomic E-state index is 0.0126. The van der Waals surface area contributed by atoms with E-state index in [1.807, 2.05) is 0 Å². The van der Waals surface area contributed by atoms with Gasteiger partial charge in [0.05, 0.1) is 28.5 Å². The number of nitrogens with zero attached hydrogens (tertiary/aromatic N) is 2. The van der Waals surface area contributed by atoms with Gasteiger partial charge in [-0.3, -0.25) is 5.32 Å². The highest BCUT2D eigenvalue weighted by atomic mass is 79.9. The SMILES string of the molecule is COC(=O)Nc1ccc2c(-c3nc(N[C@H]4CC[C@@H](N)C4)ncc3C(F)(F)F)c[nH]c2c1Br. The number of fused-ring (bicyclic) bond motifs is 1. The first-order chi connectivity index (χ1) is 15.2. The molecule has 3 aromatic rings. The molecule has 2 aromatic heterocycles. The molecule has 4 rings (SSSR count). The number of carbonyl (C=O) groups excluding carboxylic acids is 1. The number of alkyl halides is 3. The van der Waals surface area contributed by atoms with Crippen molar-refractivity contribution in [1.82, 2.24) is 15.0 Å². The van der Waals surface area contributed by atoms with E-state index < -0.39 is 17.8 Å². The number of rotatable bonds is 4. The van der Waals surface area contributed by atoms with E-state index in [9.17, 15) is 18.0 Å². The lowest BCUT2D eigenvalue weighted by molar-refractivity contribution is -0.137. The van der Waals surface area contributed by atoms with Gasteiger partial charge < -0.3 is 20.8 Å². The maximum atomic E-state index is 13.8. The molecule has 1 saturated carbocycles. The van der Waals surface area contributed by atoms with Crippen LogP contribution < -0.4 is 16.4 Å². The first kappa shape index (κ1) is 22.3. The Hall–Kier alpha value is -2.86. The molecule has 0 aliphatic heterocycles. The fraction of sp³-hybridized carbons (Fsp3) is 0.350. The molecule has 1 aliphatic rings. The summed E-state index contributed by atoms with van der Waals surface area (Å²) < 4.78 is 46.3. The number of nitrogens with two attached hydrogens (primary N) is 1. The normalized spacial score (nSPS) is 18.7. The van der Waals surface area contributed by atoms with Crippen LogP contribution in [0, 0.1) is 0 Å². The van der Waals surface area contributed by atoms with Crippen molar-refractivity contribution < 1.29 is 22.7 Å². The predicted octanol–water partition coefficient (Wildman–Crippen LogP) is 4.88. The molecular weight excluding hydrogens is 493 g/mol. The Bertz CT molecular complexity index is 1170. The van der Waals surface area contributed by atoms with Crippen LogP contribution in [0.2, 0.25) is 0 Å². The lowest BCUT2D eigenvalue weighted by Crippen LogP contribution is -2.22. The Morgan fingerprint density at radius 3 is 2.78 bits per heavy atom. The molecule has 0 unspecified atom stereocenters. The van der Waals surface area contributed by atoms with Gasteiger partial charge in [-0.1, -0.05) is 6.07 Å². The number of aromatic amines is 1. The fourth-order valence-corrected chi connectivity index (χ4v) is 4.37. The number of ether oxygens (including phenoxy) is 1. The van der Waals surface area contributed by atoms with Crippen molar-refractivity contribution in [3.63, 3.8) is 0 Å². The molecule has 1 aromatic carbocycles. The first-order valence-electron chi connectivity index (χ1n) is 9.78. The number of H-pyrrole nitrogens is 1. The average Bonchev–Trinajstić information content (AvgIpc) is 3.35. The molecule has 0 bridgehead atoms. The van der Waals surface area contributed by atoms with Crippen LogP contribution in [0.15, 0.2) is 29.0 Å². The highest BCUT2D eigenvalue weighted by Crippen LogP contribution is 2.41. The van der Waals surface area contributed by atoms with Crippen LogP contribution in [-0.2, 0) is 10.9 Å². The monoisotopic (exact) mass is 512 g/mol. The Kier molecular flexibility index (Phi) is 5.99. The number of halogens is 4. The topological polar surface area (TPSA) is 118 Å². The van der Waals surface area contributed by atoms with Gasteiger partial charge in [-0.15, -0.1) is 0 Å². The molecule has 12 heteroatoms. The summed E-state index contributed by atoms with van der Waals surface area (Å²) in [4.78, 5) is 22.6. The molecule has 32 heavy (non-hydrogen) atoms. The van der Waals surface area contributed by atoms with Crippen LogP contribution >= 0.6 is 15.9 Å². The van der Waals surface area contributed by atoms with Gasteiger partial charge in [-0.05, 0) is 41.3 Å². The second kappa shape index (κ2) is 8.58. The molecule has 1 amide bonds. The van der Waals surface area contributed by atoms with Crippen molar-refractivity contribution in [2.75, 3.05) is 17.7 Å². The summed E-state index contributed by atoms with van der Waals surface area (Å²) in [5.74, 6) is 0.115. The third kappa shape index (κ3) is 4.37. The highest BCUT2D eigenvalue weighted by molar-refractivity contribution is 9.10. The van der Waals surface area contributed by atoms with E-state index in [0.29, 0.717) is 27.5 Å². The smallest absolute Gasteiger partial charge is 0.419 e. The summed E-state index contributed by atoms with van der Waals surface area (Å²) in [6.45, 7) is 0. The minimum atomic E-state index is -4.64. The number of hydrogen-bond donors (Lipinski definition) is 4. The van der Waals surface area contributed by atoms with E-state index in [2.05, 4.69) is 46.3 Å². The summed E-state index contributed by atoms with van der Waals surface area (Å²) in [7, 11) is 1.23. The van der Waals surface area contributed by atoms with Crippen molar-refractivity contribution in [3.05, 3.63) is 34.6 Å². The van der Waals surface area contributed by atoms with Crippen LogP contribution in [0.3, 0.4) is 0 Å². The van der Waals surface area contributed by atoms with Gasteiger partial charge in [0.2, 0.25) is 5.95 Å². The van der Waals surface area contributed by atoms with Crippen LogP contribution in [-0.4, -0.2) is 40.2 Å². The summed E-state index contributed by atoms with van der Waals surface area (Å²) in [6, 6.07) is 3.23. The van der Waals surface area contributed by atoms with Crippen molar-refractivity contribution in [1.29, 1.82) is 0 Å². The summed E-state index contributed by atoms with van der Waals surface area (Å²) in [5.41, 5.74) is 5.88. The quantitative estimate of drug-likeness (QED) is 0.395. The molecule has 2 heterocycles. The van der Waals surface area contributed by atoms with Gasteiger partial charge in [0.1, 0.15) is 5.56 Å². The van der Waals surface area contributed by atoms with Crippen molar-refractivity contribution >= 4 is 44.6 Å². The molecule has 5 N–H and O–H groups in total. The first-order valence-corrected chi connectivity index (χ1v) is 10.6. The number of anilines is 2. The molecule has 0 radical (unpaired) electrons. The van der Waals surface area contributed by atoms with Crippen LogP contribution in [0.5, 0.6) is 0 Å². The van der Waals surface area contributed by atoms with E-state index >= 15 is 0 Å². The Morgan fingerprint density at radius 1 is 1.34 bits per heavy atom. The standard InChI is InChI=1S/C20H20BrF3N6O2/c1-32-19(31)29-14-5-4-11-12(7-26-17(11)15(14)21)16-13(20(22,23)24)8-27-18(30-16)28-10-3-2-9(25)6-10/h4-5,7-10,26H,2-3,6,25H2,1H3,(H,29,31)(H,27,28,30)/t9-,10+/m1/s1. The van der Waals surface area contributed by atoms with Gasteiger partial charge in [0, 0.05) is 35.4 Å². The summed E-state index contributed by atoms with van der Waals surface area (Å²) >= 11 is 3.38. The molecule has 170 valence electrons. The second-order valence-electron chi connectivity index (χ2n) is 7.54. The van der Waals surface area contributed by atoms with Crippen LogP contribution in [0.4, 0.5) is 29.6 Å². The number of aromatic nitrogens is 3. The van der Waals surface area contributed by atoms with Crippen LogP contribution in [0.25, 0.3) is 22.2 Å². The van der Waals surface area contributed by atoms with Gasteiger partial charge >= 0.3 is 12.3 Å². The van der Waals surface area contributed by atoms with E-state index in [-0.39, 0.29) is 29.3 Å². The maximum Gasteiger partial charge on any atom is 0.419 e. The predicted molar refractivity (Wildman–Crippen MR) is 117 cm³/mol. The molecule has 2 atom stereocenters. The summed E-state index contributed by atoms with van der Waals surface area (Å²) in [6.07, 6.45) is -0.730. The lowest BCUT2D eigenvalue weighted by atomic mass is 10.1. The van der Waals surface area contributed by atoms with Gasteiger partial charge in [0.25, 0.3) is 0 Å². The number of carbonyl (C=O) groups is 1. The van der Waals surface area contributed by atoms with E-state index in [4.69, 9.17) is 5.73 Å². The Balaban J connectivity index is 1.77. The summed E-state index contributed by atoms with van der Waals surface area (Å²) in [5, 5.41) is 6.13. The van der Waals surface area contributed by atoms with Crippen LogP contribution in [0.1, 0.15) is 24.8 Å². The Labute approximate surface area is 189 Å². The highest BCUT2D eigenvalue weighted by Gasteiger charge is 2.36. The maximum absolute atomic E-state index is 13.8. The molecular formula is C20H20BrF3N6O2. The number of nitrogens with one attached hydrogen (secondary N) is 3. The molecule has 1 aliphatic carbocycles. The van der Waals surface area contributed by atoms with Crippen molar-refractivity contribution in [2.45, 2.75) is 37.5 Å². The van der Waals surface area contributed by atoms with Crippen molar-refractivity contribution in [3.8, 4) is 11.3 Å². The second-order valence-corrected chi connectivity index (χ2v) is 8.33. The average molecular weight is 513 g/mol. The zero-order valence-electron chi connectivity index (χ0n) is 16.9. The van der Waals surface area contributed by atoms with Gasteiger partial charge in [-0.25, -0.2) is 14.8 Å². The van der Waals surface area contributed by atoms with E-state index in [1.165, 1.54) is 13.3 Å². The minimum Gasteiger partial charge on any atom is -0.453 e. The number of benzene rings is 1. The zero-order valence-corrected chi connectivity index (χ0v) is 18.5. The molecule has 0 spiro atoms. The third-order valence-electron chi connectivity index (χ3n) is 5.37. The van der Waals surface area contributed by atoms with Gasteiger partial charge in [-0.2, -0.15) is 13.2 Å². The zero-order chi connectivity index (χ0) is 23.0. The third-order valence-corrected chi connectivity index (χ3v) is 6.19. The number of hydrogen-bond acceptors (Lipinski definition) is 6. The van der Waals surface area contributed by atoms with E-state index in [0.717, 1.165) is 19.0 Å². The molecule has 8 nitrogen and oxygen atoms in total. The number of amides is 1. The molecule has 1 fully saturated rings. The lowest BCUT2D eigenvalue weighted by Gasteiger charge is -2.16.